The first-order valence-electron chi connectivity index (χ1n) is 6.43. The number of methoxy groups -OCH3 is 1. The Morgan fingerprint density at radius 2 is 1.85 bits per heavy atom. The maximum absolute atomic E-state index is 11.9. The highest BCUT2D eigenvalue weighted by molar-refractivity contribution is 7.80. The molecular formula is C16H18O3S. The van der Waals surface area contributed by atoms with Gasteiger partial charge in [-0.15, -0.1) is 0 Å². The summed E-state index contributed by atoms with van der Waals surface area (Å²) in [7, 11) is 1.64. The minimum atomic E-state index is -1.40. The number of ether oxygens (including phenoxy) is 1. The summed E-state index contributed by atoms with van der Waals surface area (Å²) in [5.74, 6) is 0.821. The molecule has 3 nitrogen and oxygen atoms in total. The van der Waals surface area contributed by atoms with E-state index < -0.39 is 11.1 Å². The smallest absolute Gasteiger partial charge is 0.189 e. The minimum absolute atomic E-state index is 0.410. The lowest BCUT2D eigenvalue weighted by Gasteiger charge is -2.06. The van der Waals surface area contributed by atoms with E-state index in [9.17, 15) is 4.21 Å². The number of aryl methyl sites for hydroxylation is 1. The Kier molecular flexibility index (Phi) is 5.32. The zero-order chi connectivity index (χ0) is 14.4. The molecule has 2 aromatic rings. The van der Waals surface area contributed by atoms with Crippen molar-refractivity contribution in [1.82, 2.24) is 0 Å². The van der Waals surface area contributed by atoms with E-state index >= 15 is 0 Å². The van der Waals surface area contributed by atoms with Gasteiger partial charge in [-0.1, -0.05) is 29.8 Å². The standard InChI is InChI=1S/C16H18O3S/c1-13-6-8-16(9-7-13)20(17)19-11-10-14-4-3-5-15(12-14)18-2/h3-9,12H,10-11H2,1-2H3. The van der Waals surface area contributed by atoms with Crippen LogP contribution in [-0.4, -0.2) is 17.9 Å². The summed E-state index contributed by atoms with van der Waals surface area (Å²) in [6.45, 7) is 2.41. The first kappa shape index (κ1) is 14.8. The lowest BCUT2D eigenvalue weighted by molar-refractivity contribution is 0.351. The molecule has 0 fully saturated rings. The second-order valence-corrected chi connectivity index (χ2v) is 5.65. The molecule has 0 bridgehead atoms. The Balaban J connectivity index is 1.86. The van der Waals surface area contributed by atoms with Crippen molar-refractivity contribution < 1.29 is 13.1 Å². The highest BCUT2D eigenvalue weighted by atomic mass is 32.2. The van der Waals surface area contributed by atoms with E-state index in [1.165, 1.54) is 0 Å². The maximum atomic E-state index is 11.9. The highest BCUT2D eigenvalue weighted by Crippen LogP contribution is 2.14. The van der Waals surface area contributed by atoms with Crippen LogP contribution in [0, 0.1) is 6.92 Å². The molecule has 20 heavy (non-hydrogen) atoms. The predicted octanol–water partition coefficient (Wildman–Crippen LogP) is 3.29. The molecule has 0 aromatic heterocycles. The molecule has 0 saturated carbocycles. The molecule has 1 unspecified atom stereocenters. The molecule has 0 aliphatic heterocycles. The molecule has 0 spiro atoms. The van der Waals surface area contributed by atoms with Crippen LogP contribution in [0.3, 0.4) is 0 Å². The fourth-order valence-corrected chi connectivity index (χ4v) is 2.51. The van der Waals surface area contributed by atoms with Gasteiger partial charge in [-0.3, -0.25) is 4.18 Å². The van der Waals surface area contributed by atoms with Gasteiger partial charge in [0.05, 0.1) is 18.6 Å². The molecule has 2 rings (SSSR count). The van der Waals surface area contributed by atoms with Gasteiger partial charge < -0.3 is 4.74 Å². The van der Waals surface area contributed by atoms with Gasteiger partial charge in [0.1, 0.15) is 5.75 Å². The molecule has 0 aliphatic rings. The van der Waals surface area contributed by atoms with Crippen molar-refractivity contribution in [2.75, 3.05) is 13.7 Å². The third-order valence-corrected chi connectivity index (χ3v) is 3.97. The van der Waals surface area contributed by atoms with Crippen molar-refractivity contribution in [3.63, 3.8) is 0 Å². The quantitative estimate of drug-likeness (QED) is 0.819. The van der Waals surface area contributed by atoms with E-state index in [-0.39, 0.29) is 0 Å². The number of rotatable bonds is 6. The van der Waals surface area contributed by atoms with Crippen molar-refractivity contribution in [3.05, 3.63) is 59.7 Å². The summed E-state index contributed by atoms with van der Waals surface area (Å²) in [6, 6.07) is 15.3. The summed E-state index contributed by atoms with van der Waals surface area (Å²) in [5.41, 5.74) is 2.24. The van der Waals surface area contributed by atoms with E-state index in [2.05, 4.69) is 0 Å². The van der Waals surface area contributed by atoms with Crippen LogP contribution in [0.5, 0.6) is 5.75 Å². The van der Waals surface area contributed by atoms with Crippen LogP contribution in [0.4, 0.5) is 0 Å². The van der Waals surface area contributed by atoms with E-state index in [1.54, 1.807) is 7.11 Å². The summed E-state index contributed by atoms with van der Waals surface area (Å²) in [6.07, 6.45) is 0.703. The topological polar surface area (TPSA) is 35.5 Å². The van der Waals surface area contributed by atoms with Crippen LogP contribution >= 0.6 is 0 Å². The Labute approximate surface area is 122 Å². The fourth-order valence-electron chi connectivity index (χ4n) is 1.78. The Bertz CT molecular complexity index is 579. The van der Waals surface area contributed by atoms with Crippen LogP contribution in [0.25, 0.3) is 0 Å². The van der Waals surface area contributed by atoms with Crippen LogP contribution in [0.2, 0.25) is 0 Å². The number of benzene rings is 2. The van der Waals surface area contributed by atoms with Gasteiger partial charge in [0.2, 0.25) is 0 Å². The minimum Gasteiger partial charge on any atom is -0.497 e. The van der Waals surface area contributed by atoms with Gasteiger partial charge in [-0.2, -0.15) is 0 Å². The third kappa shape index (κ3) is 4.18. The second-order valence-electron chi connectivity index (χ2n) is 4.47. The first-order valence-corrected chi connectivity index (χ1v) is 7.51. The average molecular weight is 290 g/mol. The van der Waals surface area contributed by atoms with Crippen LogP contribution in [0.15, 0.2) is 53.4 Å². The Morgan fingerprint density at radius 3 is 2.55 bits per heavy atom. The molecule has 0 radical (unpaired) electrons. The van der Waals surface area contributed by atoms with Gasteiger partial charge in [0, 0.05) is 0 Å². The van der Waals surface area contributed by atoms with Gasteiger partial charge in [0.15, 0.2) is 11.1 Å². The van der Waals surface area contributed by atoms with Gasteiger partial charge in [-0.05, 0) is 43.2 Å². The molecule has 0 N–H and O–H groups in total. The van der Waals surface area contributed by atoms with Crippen molar-refractivity contribution >= 4 is 11.1 Å². The average Bonchev–Trinajstić information content (AvgIpc) is 2.48. The zero-order valence-corrected chi connectivity index (χ0v) is 12.5. The maximum Gasteiger partial charge on any atom is 0.189 e. The Hall–Kier alpha value is -1.65. The Morgan fingerprint density at radius 1 is 1.10 bits per heavy atom. The summed E-state index contributed by atoms with van der Waals surface area (Å²) in [4.78, 5) is 0.696. The summed E-state index contributed by atoms with van der Waals surface area (Å²) >= 11 is -1.40. The lowest BCUT2D eigenvalue weighted by Crippen LogP contribution is -2.02. The van der Waals surface area contributed by atoms with E-state index in [0.717, 1.165) is 16.9 Å². The predicted molar refractivity (Wildman–Crippen MR) is 80.2 cm³/mol. The van der Waals surface area contributed by atoms with Gasteiger partial charge >= 0.3 is 0 Å². The zero-order valence-electron chi connectivity index (χ0n) is 11.7. The number of hydrogen-bond acceptors (Lipinski definition) is 3. The normalized spacial score (nSPS) is 12.1. The molecule has 0 saturated heterocycles. The molecular weight excluding hydrogens is 272 g/mol. The van der Waals surface area contributed by atoms with Crippen molar-refractivity contribution in [2.24, 2.45) is 0 Å². The molecule has 0 heterocycles. The van der Waals surface area contributed by atoms with Crippen LogP contribution < -0.4 is 4.74 Å². The summed E-state index contributed by atoms with van der Waals surface area (Å²) in [5, 5.41) is 0. The largest absolute Gasteiger partial charge is 0.497 e. The monoisotopic (exact) mass is 290 g/mol. The first-order chi connectivity index (χ1) is 9.69. The lowest BCUT2D eigenvalue weighted by atomic mass is 10.1. The third-order valence-electron chi connectivity index (χ3n) is 2.93. The fraction of sp³-hybridized carbons (Fsp3) is 0.250. The van der Waals surface area contributed by atoms with Crippen molar-refractivity contribution in [3.8, 4) is 5.75 Å². The summed E-state index contributed by atoms with van der Waals surface area (Å²) < 4.78 is 22.5. The SMILES string of the molecule is COc1cccc(CCOS(=O)c2ccc(C)cc2)c1. The molecule has 0 aliphatic carbocycles. The molecule has 1 atom stereocenters. The molecule has 106 valence electrons. The second kappa shape index (κ2) is 7.22. The molecule has 2 aromatic carbocycles. The van der Waals surface area contributed by atoms with E-state index in [4.69, 9.17) is 8.92 Å². The van der Waals surface area contributed by atoms with Gasteiger partial charge in [-0.25, -0.2) is 4.21 Å². The molecule has 4 heteroatoms. The van der Waals surface area contributed by atoms with E-state index in [1.807, 2.05) is 55.5 Å². The van der Waals surface area contributed by atoms with Crippen LogP contribution in [0.1, 0.15) is 11.1 Å². The number of hydrogen-bond donors (Lipinski definition) is 0. The van der Waals surface area contributed by atoms with E-state index in [0.29, 0.717) is 17.9 Å². The highest BCUT2D eigenvalue weighted by Gasteiger charge is 2.04. The van der Waals surface area contributed by atoms with Gasteiger partial charge in [0.25, 0.3) is 0 Å². The van der Waals surface area contributed by atoms with Crippen molar-refractivity contribution in [1.29, 1.82) is 0 Å². The molecule has 0 amide bonds. The van der Waals surface area contributed by atoms with Crippen molar-refractivity contribution in [2.45, 2.75) is 18.2 Å². The van der Waals surface area contributed by atoms with Crippen LogP contribution in [-0.2, 0) is 21.7 Å².